The van der Waals surface area contributed by atoms with E-state index in [1.54, 1.807) is 0 Å². The van der Waals surface area contributed by atoms with E-state index in [-0.39, 0.29) is 5.91 Å². The summed E-state index contributed by atoms with van der Waals surface area (Å²) >= 11 is 0. The highest BCUT2D eigenvalue weighted by Gasteiger charge is 2.38. The van der Waals surface area contributed by atoms with Gasteiger partial charge in [0.2, 0.25) is 5.91 Å². The molecule has 0 spiro atoms. The first-order valence-corrected chi connectivity index (χ1v) is 7.38. The van der Waals surface area contributed by atoms with Gasteiger partial charge in [0, 0.05) is 38.3 Å². The van der Waals surface area contributed by atoms with Crippen LogP contribution in [-0.2, 0) is 4.79 Å². The molecule has 0 unspecified atom stereocenters. The van der Waals surface area contributed by atoms with Gasteiger partial charge in [-0.2, -0.15) is 0 Å². The van der Waals surface area contributed by atoms with Crippen LogP contribution in [0.1, 0.15) is 19.3 Å². The molecule has 1 aliphatic heterocycles. The normalized spacial score (nSPS) is 23.5. The van der Waals surface area contributed by atoms with Gasteiger partial charge in [-0.3, -0.25) is 4.79 Å². The number of carbonyl (C=O) groups excluding carboxylic acids is 1. The Kier molecular flexibility index (Phi) is 4.81. The predicted octanol–water partition coefficient (Wildman–Crippen LogP) is -0.166. The fourth-order valence-corrected chi connectivity index (χ4v) is 2.94. The average molecular weight is 268 g/mol. The summed E-state index contributed by atoms with van der Waals surface area (Å²) < 4.78 is 0. The van der Waals surface area contributed by atoms with Crippen LogP contribution >= 0.6 is 0 Å². The fourth-order valence-electron chi connectivity index (χ4n) is 2.94. The first kappa shape index (κ1) is 14.8. The minimum absolute atomic E-state index is 0.251. The van der Waals surface area contributed by atoms with Crippen molar-refractivity contribution in [3.05, 3.63) is 0 Å². The Labute approximate surface area is 116 Å². The molecule has 0 radical (unpaired) electrons. The van der Waals surface area contributed by atoms with Crippen LogP contribution in [-0.4, -0.2) is 86.6 Å². The Morgan fingerprint density at radius 3 is 2.32 bits per heavy atom. The summed E-state index contributed by atoms with van der Waals surface area (Å²) in [5.41, 5.74) is 0.294. The number of hydrogen-bond acceptors (Lipinski definition) is 4. The maximum Gasteiger partial charge on any atom is 0.236 e. The van der Waals surface area contributed by atoms with E-state index in [2.05, 4.69) is 36.3 Å². The number of hydrogen-bond donors (Lipinski definition) is 1. The van der Waals surface area contributed by atoms with Crippen LogP contribution in [0.3, 0.4) is 0 Å². The van der Waals surface area contributed by atoms with Crippen molar-refractivity contribution >= 4 is 5.91 Å². The van der Waals surface area contributed by atoms with Crippen molar-refractivity contribution in [1.29, 1.82) is 0 Å². The molecule has 5 nitrogen and oxygen atoms in total. The third kappa shape index (κ3) is 3.46. The second kappa shape index (κ2) is 6.20. The molecule has 2 fully saturated rings. The lowest BCUT2D eigenvalue weighted by atomic mass is 9.75. The number of nitrogens with one attached hydrogen (secondary N) is 1. The summed E-state index contributed by atoms with van der Waals surface area (Å²) in [6, 6.07) is 0. The Hall–Kier alpha value is -0.650. The summed E-state index contributed by atoms with van der Waals surface area (Å²) in [4.78, 5) is 18.7. The molecule has 1 saturated carbocycles. The van der Waals surface area contributed by atoms with Crippen molar-refractivity contribution in [3.63, 3.8) is 0 Å². The van der Waals surface area contributed by atoms with Gasteiger partial charge >= 0.3 is 0 Å². The van der Waals surface area contributed by atoms with Crippen LogP contribution in [0, 0.1) is 0 Å². The van der Waals surface area contributed by atoms with Crippen LogP contribution in [0.15, 0.2) is 0 Å². The average Bonchev–Trinajstić information content (AvgIpc) is 2.32. The van der Waals surface area contributed by atoms with Crippen LogP contribution in [0.2, 0.25) is 0 Å². The van der Waals surface area contributed by atoms with Gasteiger partial charge in [-0.25, -0.2) is 0 Å². The first-order chi connectivity index (χ1) is 9.03. The highest BCUT2D eigenvalue weighted by atomic mass is 16.2. The fraction of sp³-hybridized carbons (Fsp3) is 0.929. The predicted molar refractivity (Wildman–Crippen MR) is 77.2 cm³/mol. The zero-order valence-corrected chi connectivity index (χ0v) is 12.6. The van der Waals surface area contributed by atoms with Gasteiger partial charge in [0.05, 0.1) is 6.54 Å². The molecule has 1 heterocycles. The third-order valence-corrected chi connectivity index (χ3v) is 4.82. The van der Waals surface area contributed by atoms with Crippen molar-refractivity contribution in [2.75, 3.05) is 60.4 Å². The standard InChI is InChI=1S/C14H28N4O/c1-16(2)14(5-4-6-14)12-15-11-13(19)18-9-7-17(3)8-10-18/h15H,4-12H2,1-3H3. The van der Waals surface area contributed by atoms with Crippen LogP contribution in [0.25, 0.3) is 0 Å². The number of likely N-dealkylation sites (N-methyl/N-ethyl adjacent to an activating group) is 2. The van der Waals surface area contributed by atoms with Crippen molar-refractivity contribution in [2.45, 2.75) is 24.8 Å². The topological polar surface area (TPSA) is 38.8 Å². The number of carbonyl (C=O) groups is 1. The van der Waals surface area contributed by atoms with E-state index in [0.29, 0.717) is 12.1 Å². The molecule has 1 saturated heterocycles. The quantitative estimate of drug-likeness (QED) is 0.752. The SMILES string of the molecule is CN1CCN(C(=O)CNCC2(N(C)C)CCC2)CC1. The van der Waals surface area contributed by atoms with Gasteiger partial charge in [-0.1, -0.05) is 0 Å². The van der Waals surface area contributed by atoms with E-state index in [1.165, 1.54) is 19.3 Å². The Morgan fingerprint density at radius 2 is 1.84 bits per heavy atom. The highest BCUT2D eigenvalue weighted by Crippen LogP contribution is 2.35. The van der Waals surface area contributed by atoms with Gasteiger partial charge in [0.1, 0.15) is 0 Å². The molecular weight excluding hydrogens is 240 g/mol. The maximum atomic E-state index is 12.1. The molecule has 1 aliphatic carbocycles. The molecule has 0 aromatic carbocycles. The molecule has 0 aromatic heterocycles. The molecule has 0 aromatic rings. The van der Waals surface area contributed by atoms with Crippen molar-refractivity contribution < 1.29 is 4.79 Å². The van der Waals surface area contributed by atoms with E-state index in [0.717, 1.165) is 32.7 Å². The highest BCUT2D eigenvalue weighted by molar-refractivity contribution is 5.78. The molecule has 19 heavy (non-hydrogen) atoms. The summed E-state index contributed by atoms with van der Waals surface area (Å²) in [5, 5.41) is 3.37. The second-order valence-corrected chi connectivity index (χ2v) is 6.26. The molecular formula is C14H28N4O. The van der Waals surface area contributed by atoms with Crippen molar-refractivity contribution in [3.8, 4) is 0 Å². The summed E-state index contributed by atoms with van der Waals surface area (Å²) in [6.07, 6.45) is 3.80. The molecule has 5 heteroatoms. The molecule has 2 aliphatic rings. The van der Waals surface area contributed by atoms with E-state index >= 15 is 0 Å². The summed E-state index contributed by atoms with van der Waals surface area (Å²) in [6.45, 7) is 5.14. The lowest BCUT2D eigenvalue weighted by molar-refractivity contribution is -0.131. The molecule has 1 amide bonds. The summed E-state index contributed by atoms with van der Waals surface area (Å²) in [5.74, 6) is 0.251. The van der Waals surface area contributed by atoms with Gasteiger partial charge in [0.15, 0.2) is 0 Å². The second-order valence-electron chi connectivity index (χ2n) is 6.26. The lowest BCUT2D eigenvalue weighted by Crippen LogP contribution is -2.57. The minimum Gasteiger partial charge on any atom is -0.339 e. The number of piperazine rings is 1. The minimum atomic E-state index is 0.251. The largest absolute Gasteiger partial charge is 0.339 e. The van der Waals surface area contributed by atoms with Crippen molar-refractivity contribution in [1.82, 2.24) is 20.0 Å². The maximum absolute atomic E-state index is 12.1. The molecule has 1 N–H and O–H groups in total. The van der Waals surface area contributed by atoms with Crippen LogP contribution in [0.5, 0.6) is 0 Å². The van der Waals surface area contributed by atoms with Crippen LogP contribution < -0.4 is 5.32 Å². The smallest absolute Gasteiger partial charge is 0.236 e. The monoisotopic (exact) mass is 268 g/mol. The number of nitrogens with zero attached hydrogens (tertiary/aromatic N) is 3. The molecule has 110 valence electrons. The first-order valence-electron chi connectivity index (χ1n) is 7.38. The number of rotatable bonds is 5. The zero-order chi connectivity index (χ0) is 13.9. The van der Waals surface area contributed by atoms with Gasteiger partial charge in [-0.05, 0) is 40.4 Å². The van der Waals surface area contributed by atoms with Crippen LogP contribution in [0.4, 0.5) is 0 Å². The van der Waals surface area contributed by atoms with E-state index in [9.17, 15) is 4.79 Å². The lowest BCUT2D eigenvalue weighted by Gasteiger charge is -2.47. The van der Waals surface area contributed by atoms with Gasteiger partial charge < -0.3 is 20.0 Å². The zero-order valence-electron chi connectivity index (χ0n) is 12.6. The van der Waals surface area contributed by atoms with E-state index in [4.69, 9.17) is 0 Å². The Morgan fingerprint density at radius 1 is 1.21 bits per heavy atom. The van der Waals surface area contributed by atoms with E-state index < -0.39 is 0 Å². The molecule has 0 bridgehead atoms. The molecule has 0 atom stereocenters. The Balaban J connectivity index is 1.69. The Bertz CT molecular complexity index is 307. The van der Waals surface area contributed by atoms with Gasteiger partial charge in [0.25, 0.3) is 0 Å². The number of amides is 1. The van der Waals surface area contributed by atoms with Gasteiger partial charge in [-0.15, -0.1) is 0 Å². The molecule has 2 rings (SSSR count). The van der Waals surface area contributed by atoms with Crippen molar-refractivity contribution in [2.24, 2.45) is 0 Å². The summed E-state index contributed by atoms with van der Waals surface area (Å²) in [7, 11) is 6.39. The third-order valence-electron chi connectivity index (χ3n) is 4.82. The van der Waals surface area contributed by atoms with E-state index in [1.807, 2.05) is 4.90 Å².